The summed E-state index contributed by atoms with van der Waals surface area (Å²) in [5, 5.41) is 8.71. The van der Waals surface area contributed by atoms with Crippen LogP contribution in [-0.4, -0.2) is 20.6 Å². The Morgan fingerprint density at radius 3 is 2.94 bits per heavy atom. The molecule has 0 fully saturated rings. The van der Waals surface area contributed by atoms with Gasteiger partial charge >= 0.3 is 5.97 Å². The Balaban J connectivity index is 2.30. The number of imidazole rings is 1. The van der Waals surface area contributed by atoms with E-state index in [9.17, 15) is 4.79 Å². The van der Waals surface area contributed by atoms with Gasteiger partial charge in [0.25, 0.3) is 0 Å². The number of carbonyl (C=O) groups is 1. The van der Waals surface area contributed by atoms with E-state index in [0.29, 0.717) is 6.42 Å². The Labute approximate surface area is 113 Å². The Morgan fingerprint density at radius 1 is 1.50 bits per heavy atom. The first-order valence-electron chi connectivity index (χ1n) is 5.58. The molecule has 1 aromatic carbocycles. The standard InChI is InChI=1S/C13H13BrN2O2/c1-9-2-3-10(8-11(9)14)16-7-6-15-12(16)4-5-13(17)18/h2-3,6-8H,4-5H2,1H3,(H,17,18). The monoisotopic (exact) mass is 308 g/mol. The van der Waals surface area contributed by atoms with Gasteiger partial charge in [-0.25, -0.2) is 4.98 Å². The fourth-order valence-corrected chi connectivity index (χ4v) is 2.07. The third-order valence-electron chi connectivity index (χ3n) is 2.71. The van der Waals surface area contributed by atoms with Crippen molar-refractivity contribution < 1.29 is 9.90 Å². The van der Waals surface area contributed by atoms with Crippen molar-refractivity contribution in [2.75, 3.05) is 0 Å². The van der Waals surface area contributed by atoms with Crippen LogP contribution in [0.5, 0.6) is 0 Å². The molecule has 18 heavy (non-hydrogen) atoms. The molecular formula is C13H13BrN2O2. The van der Waals surface area contributed by atoms with Gasteiger partial charge in [-0.2, -0.15) is 0 Å². The summed E-state index contributed by atoms with van der Waals surface area (Å²) < 4.78 is 2.94. The number of aromatic nitrogens is 2. The number of aliphatic carboxylic acids is 1. The number of carboxylic acid groups (broad SMARTS) is 1. The summed E-state index contributed by atoms with van der Waals surface area (Å²) >= 11 is 3.49. The van der Waals surface area contributed by atoms with E-state index in [-0.39, 0.29) is 6.42 Å². The first-order chi connectivity index (χ1) is 8.58. The summed E-state index contributed by atoms with van der Waals surface area (Å²) in [6.45, 7) is 2.02. The van der Waals surface area contributed by atoms with Crippen molar-refractivity contribution in [1.82, 2.24) is 9.55 Å². The van der Waals surface area contributed by atoms with Crippen molar-refractivity contribution in [2.24, 2.45) is 0 Å². The van der Waals surface area contributed by atoms with Crippen LogP contribution in [0, 0.1) is 6.92 Å². The van der Waals surface area contributed by atoms with Gasteiger partial charge in [0.2, 0.25) is 0 Å². The molecule has 5 heteroatoms. The Morgan fingerprint density at radius 2 is 2.28 bits per heavy atom. The minimum Gasteiger partial charge on any atom is -0.481 e. The maximum absolute atomic E-state index is 10.6. The van der Waals surface area contributed by atoms with E-state index in [1.54, 1.807) is 6.20 Å². The van der Waals surface area contributed by atoms with Crippen LogP contribution < -0.4 is 0 Å². The third-order valence-corrected chi connectivity index (χ3v) is 3.57. The molecule has 0 amide bonds. The maximum Gasteiger partial charge on any atom is 0.303 e. The normalized spacial score (nSPS) is 10.6. The zero-order chi connectivity index (χ0) is 13.1. The highest BCUT2D eigenvalue weighted by molar-refractivity contribution is 9.10. The predicted octanol–water partition coefficient (Wildman–Crippen LogP) is 2.96. The lowest BCUT2D eigenvalue weighted by Crippen LogP contribution is -2.04. The van der Waals surface area contributed by atoms with Gasteiger partial charge in [-0.1, -0.05) is 22.0 Å². The molecular weight excluding hydrogens is 296 g/mol. The fraction of sp³-hybridized carbons (Fsp3) is 0.231. The minimum atomic E-state index is -0.811. The summed E-state index contributed by atoms with van der Waals surface area (Å²) in [5.74, 6) is -0.0530. The second kappa shape index (κ2) is 5.35. The molecule has 0 spiro atoms. The van der Waals surface area contributed by atoms with Crippen LogP contribution in [0.2, 0.25) is 0 Å². The number of benzene rings is 1. The molecule has 1 heterocycles. The Hall–Kier alpha value is -1.62. The molecule has 0 atom stereocenters. The first-order valence-corrected chi connectivity index (χ1v) is 6.38. The van der Waals surface area contributed by atoms with Crippen molar-refractivity contribution in [2.45, 2.75) is 19.8 Å². The Kier molecular flexibility index (Phi) is 3.81. The number of nitrogens with zero attached hydrogens (tertiary/aromatic N) is 2. The molecule has 0 aliphatic heterocycles. The lowest BCUT2D eigenvalue weighted by Gasteiger charge is -2.08. The minimum absolute atomic E-state index is 0.0873. The molecule has 0 bridgehead atoms. The van der Waals surface area contributed by atoms with E-state index in [1.165, 1.54) is 0 Å². The number of aryl methyl sites for hydroxylation is 2. The van der Waals surface area contributed by atoms with Crippen LogP contribution >= 0.6 is 15.9 Å². The van der Waals surface area contributed by atoms with Crippen LogP contribution in [0.1, 0.15) is 17.8 Å². The molecule has 0 aliphatic carbocycles. The van der Waals surface area contributed by atoms with Gasteiger partial charge in [-0.05, 0) is 24.6 Å². The quantitative estimate of drug-likeness (QED) is 0.944. The molecule has 0 radical (unpaired) electrons. The summed E-state index contributed by atoms with van der Waals surface area (Å²) in [6, 6.07) is 6.01. The summed E-state index contributed by atoms with van der Waals surface area (Å²) in [5.41, 5.74) is 2.14. The van der Waals surface area contributed by atoms with Crippen LogP contribution in [0.4, 0.5) is 0 Å². The van der Waals surface area contributed by atoms with E-state index < -0.39 is 5.97 Å². The van der Waals surface area contributed by atoms with Gasteiger partial charge in [-0.3, -0.25) is 4.79 Å². The lowest BCUT2D eigenvalue weighted by molar-refractivity contribution is -0.137. The van der Waals surface area contributed by atoms with E-state index in [1.807, 2.05) is 35.9 Å². The fourth-order valence-electron chi connectivity index (χ4n) is 1.70. The summed E-state index contributed by atoms with van der Waals surface area (Å²) in [7, 11) is 0. The van der Waals surface area contributed by atoms with E-state index in [4.69, 9.17) is 5.11 Å². The number of rotatable bonds is 4. The summed E-state index contributed by atoms with van der Waals surface area (Å²) in [6.07, 6.45) is 4.04. The van der Waals surface area contributed by atoms with Crippen molar-refractivity contribution in [3.8, 4) is 5.69 Å². The highest BCUT2D eigenvalue weighted by atomic mass is 79.9. The topological polar surface area (TPSA) is 55.1 Å². The van der Waals surface area contributed by atoms with Crippen LogP contribution in [0.3, 0.4) is 0 Å². The zero-order valence-electron chi connectivity index (χ0n) is 9.93. The van der Waals surface area contributed by atoms with E-state index in [2.05, 4.69) is 20.9 Å². The van der Waals surface area contributed by atoms with Gasteiger partial charge in [0.05, 0.1) is 6.42 Å². The van der Waals surface area contributed by atoms with E-state index in [0.717, 1.165) is 21.5 Å². The largest absolute Gasteiger partial charge is 0.481 e. The SMILES string of the molecule is Cc1ccc(-n2ccnc2CCC(=O)O)cc1Br. The number of halogens is 1. The molecule has 0 aliphatic rings. The first kappa shape index (κ1) is 12.8. The van der Waals surface area contributed by atoms with Crippen LogP contribution in [0.15, 0.2) is 35.1 Å². The second-order valence-electron chi connectivity index (χ2n) is 4.04. The van der Waals surface area contributed by atoms with Crippen LogP contribution in [-0.2, 0) is 11.2 Å². The smallest absolute Gasteiger partial charge is 0.303 e. The van der Waals surface area contributed by atoms with Gasteiger partial charge in [0.15, 0.2) is 0 Å². The van der Waals surface area contributed by atoms with Crippen LogP contribution in [0.25, 0.3) is 5.69 Å². The van der Waals surface area contributed by atoms with Crippen molar-refractivity contribution in [3.63, 3.8) is 0 Å². The van der Waals surface area contributed by atoms with Crippen molar-refractivity contribution in [1.29, 1.82) is 0 Å². The predicted molar refractivity (Wildman–Crippen MR) is 72.0 cm³/mol. The molecule has 0 unspecified atom stereocenters. The van der Waals surface area contributed by atoms with Gasteiger partial charge in [0, 0.05) is 29.0 Å². The van der Waals surface area contributed by atoms with Crippen molar-refractivity contribution in [3.05, 3.63) is 46.5 Å². The summed E-state index contributed by atoms with van der Waals surface area (Å²) in [4.78, 5) is 14.8. The maximum atomic E-state index is 10.6. The van der Waals surface area contributed by atoms with Gasteiger partial charge in [0.1, 0.15) is 5.82 Å². The van der Waals surface area contributed by atoms with Crippen molar-refractivity contribution >= 4 is 21.9 Å². The highest BCUT2D eigenvalue weighted by Gasteiger charge is 2.08. The Bertz CT molecular complexity index is 578. The molecule has 0 saturated carbocycles. The molecule has 2 rings (SSSR count). The number of hydrogen-bond acceptors (Lipinski definition) is 2. The van der Waals surface area contributed by atoms with Gasteiger partial charge in [-0.15, -0.1) is 0 Å². The number of hydrogen-bond donors (Lipinski definition) is 1. The average Bonchev–Trinajstić information content (AvgIpc) is 2.78. The van der Waals surface area contributed by atoms with Gasteiger partial charge < -0.3 is 9.67 Å². The average molecular weight is 309 g/mol. The molecule has 1 N–H and O–H groups in total. The molecule has 4 nitrogen and oxygen atoms in total. The molecule has 94 valence electrons. The molecule has 1 aromatic heterocycles. The lowest BCUT2D eigenvalue weighted by atomic mass is 10.2. The molecule has 2 aromatic rings. The second-order valence-corrected chi connectivity index (χ2v) is 4.90. The third kappa shape index (κ3) is 2.79. The zero-order valence-corrected chi connectivity index (χ0v) is 11.5. The number of carboxylic acids is 1. The highest BCUT2D eigenvalue weighted by Crippen LogP contribution is 2.21. The molecule has 0 saturated heterocycles. The van der Waals surface area contributed by atoms with E-state index >= 15 is 0 Å².